The molecule has 2 amide bonds. The number of hydrogen-bond acceptors (Lipinski definition) is 7. The van der Waals surface area contributed by atoms with Crippen LogP contribution in [0.25, 0.3) is 0 Å². The van der Waals surface area contributed by atoms with Crippen molar-refractivity contribution in [2.75, 3.05) is 52.6 Å². The van der Waals surface area contributed by atoms with Crippen LogP contribution in [-0.2, 0) is 30.2 Å². The maximum atomic E-state index is 12.8. The fraction of sp³-hybridized carbons (Fsp3) is 0.773. The molecule has 9 heteroatoms. The van der Waals surface area contributed by atoms with Crippen molar-refractivity contribution in [3.05, 3.63) is 17.0 Å². The van der Waals surface area contributed by atoms with Crippen molar-refractivity contribution in [2.24, 2.45) is 0 Å². The number of ether oxygens (including phenoxy) is 3. The van der Waals surface area contributed by atoms with Crippen LogP contribution in [0.1, 0.15) is 42.7 Å². The molecule has 1 unspecified atom stereocenters. The first kappa shape index (κ1) is 22.2. The second kappa shape index (κ2) is 9.67. The van der Waals surface area contributed by atoms with Crippen molar-refractivity contribution >= 4 is 11.8 Å². The maximum absolute atomic E-state index is 12.8. The summed E-state index contributed by atoms with van der Waals surface area (Å²) in [5.41, 5.74) is 1.41. The molecule has 1 aromatic rings. The van der Waals surface area contributed by atoms with Crippen molar-refractivity contribution < 1.29 is 28.3 Å². The Balaban J connectivity index is 1.25. The molecule has 3 aliphatic rings. The van der Waals surface area contributed by atoms with Gasteiger partial charge in [0.2, 0.25) is 11.8 Å². The van der Waals surface area contributed by atoms with Gasteiger partial charge in [-0.05, 0) is 33.1 Å². The Kier molecular flexibility index (Phi) is 6.93. The van der Waals surface area contributed by atoms with E-state index >= 15 is 0 Å². The predicted molar refractivity (Wildman–Crippen MR) is 111 cm³/mol. The van der Waals surface area contributed by atoms with E-state index in [4.69, 9.17) is 18.7 Å². The van der Waals surface area contributed by atoms with E-state index < -0.39 is 0 Å². The molecule has 4 rings (SSSR count). The molecule has 0 N–H and O–H groups in total. The minimum atomic E-state index is -0.259. The summed E-state index contributed by atoms with van der Waals surface area (Å²) in [5.74, 6) is 0.842. The van der Waals surface area contributed by atoms with Gasteiger partial charge < -0.3 is 28.5 Å². The van der Waals surface area contributed by atoms with Crippen LogP contribution in [0.2, 0.25) is 0 Å². The number of amides is 2. The minimum absolute atomic E-state index is 0.0169. The number of hydrogen-bond donors (Lipinski definition) is 0. The fourth-order valence-electron chi connectivity index (χ4n) is 4.75. The molecule has 0 bridgehead atoms. The van der Waals surface area contributed by atoms with E-state index in [0.29, 0.717) is 58.2 Å². The highest BCUT2D eigenvalue weighted by Crippen LogP contribution is 2.36. The Bertz CT molecular complexity index is 761. The van der Waals surface area contributed by atoms with E-state index in [2.05, 4.69) is 5.16 Å². The average molecular weight is 436 g/mol. The van der Waals surface area contributed by atoms with Gasteiger partial charge in [-0.1, -0.05) is 5.16 Å². The van der Waals surface area contributed by atoms with Gasteiger partial charge in [-0.2, -0.15) is 0 Å². The highest BCUT2D eigenvalue weighted by atomic mass is 16.5. The standard InChI is InChI=1S/C22H33N3O6/c1-16-19(17(2)31-23-16)13-20(26)24-6-4-22(5-7-24)14-18(3-10-30-22)29-15-21(27)25-8-11-28-12-9-25/h18H,3-15H2,1-2H3. The smallest absolute Gasteiger partial charge is 0.248 e. The SMILES string of the molecule is Cc1noc(C)c1CC(=O)N1CCC2(CC1)CC(OCC(=O)N1CCOCC1)CCO2. The number of carbonyl (C=O) groups is 2. The Hall–Kier alpha value is -1.97. The molecule has 1 spiro atoms. The number of piperidine rings is 1. The Labute approximate surface area is 182 Å². The van der Waals surface area contributed by atoms with Gasteiger partial charge in [-0.3, -0.25) is 9.59 Å². The van der Waals surface area contributed by atoms with Gasteiger partial charge in [0.25, 0.3) is 0 Å². The van der Waals surface area contributed by atoms with Gasteiger partial charge in [-0.15, -0.1) is 0 Å². The molecule has 0 saturated carbocycles. The quantitative estimate of drug-likeness (QED) is 0.687. The van der Waals surface area contributed by atoms with E-state index in [0.717, 1.165) is 36.9 Å². The van der Waals surface area contributed by atoms with Gasteiger partial charge in [0, 0.05) is 44.8 Å². The molecule has 3 saturated heterocycles. The molecule has 9 nitrogen and oxygen atoms in total. The van der Waals surface area contributed by atoms with Crippen molar-refractivity contribution in [1.82, 2.24) is 15.0 Å². The highest BCUT2D eigenvalue weighted by molar-refractivity contribution is 5.79. The number of rotatable bonds is 5. The lowest BCUT2D eigenvalue weighted by molar-refractivity contribution is -0.167. The van der Waals surface area contributed by atoms with Crippen molar-refractivity contribution in [3.8, 4) is 0 Å². The molecule has 4 heterocycles. The minimum Gasteiger partial charge on any atom is -0.378 e. The molecular formula is C22H33N3O6. The van der Waals surface area contributed by atoms with Gasteiger partial charge in [0.15, 0.2) is 0 Å². The second-order valence-electron chi connectivity index (χ2n) is 8.81. The first-order chi connectivity index (χ1) is 15.0. The zero-order valence-electron chi connectivity index (χ0n) is 18.6. The molecule has 0 aliphatic carbocycles. The molecule has 31 heavy (non-hydrogen) atoms. The Morgan fingerprint density at radius 3 is 2.45 bits per heavy atom. The summed E-state index contributed by atoms with van der Waals surface area (Å²) < 4.78 is 22.6. The molecule has 0 radical (unpaired) electrons. The van der Waals surface area contributed by atoms with Crippen LogP contribution in [-0.4, -0.2) is 91.1 Å². The van der Waals surface area contributed by atoms with Crippen LogP contribution in [0.3, 0.4) is 0 Å². The predicted octanol–water partition coefficient (Wildman–Crippen LogP) is 1.25. The van der Waals surface area contributed by atoms with Crippen molar-refractivity contribution in [2.45, 2.75) is 57.7 Å². The van der Waals surface area contributed by atoms with Gasteiger partial charge in [0.05, 0.1) is 37.0 Å². The topological polar surface area (TPSA) is 94.3 Å². The lowest BCUT2D eigenvalue weighted by Crippen LogP contribution is -2.52. The largest absolute Gasteiger partial charge is 0.378 e. The third kappa shape index (κ3) is 5.27. The summed E-state index contributed by atoms with van der Waals surface area (Å²) in [7, 11) is 0. The first-order valence-corrected chi connectivity index (χ1v) is 11.3. The third-order valence-corrected chi connectivity index (χ3v) is 6.79. The zero-order valence-corrected chi connectivity index (χ0v) is 18.6. The number of aromatic nitrogens is 1. The molecule has 3 aliphatic heterocycles. The van der Waals surface area contributed by atoms with Crippen LogP contribution in [0.15, 0.2) is 4.52 Å². The zero-order chi connectivity index (χ0) is 21.8. The number of likely N-dealkylation sites (tertiary alicyclic amines) is 1. The molecule has 1 aromatic heterocycles. The molecular weight excluding hydrogens is 402 g/mol. The highest BCUT2D eigenvalue weighted by Gasteiger charge is 2.41. The number of aryl methyl sites for hydroxylation is 2. The summed E-state index contributed by atoms with van der Waals surface area (Å²) in [4.78, 5) is 28.9. The molecule has 172 valence electrons. The van der Waals surface area contributed by atoms with E-state index in [1.165, 1.54) is 0 Å². The van der Waals surface area contributed by atoms with Crippen molar-refractivity contribution in [3.63, 3.8) is 0 Å². The Morgan fingerprint density at radius 2 is 1.77 bits per heavy atom. The summed E-state index contributed by atoms with van der Waals surface area (Å²) in [6.07, 6.45) is 3.49. The van der Waals surface area contributed by atoms with Crippen LogP contribution in [0.5, 0.6) is 0 Å². The molecule has 3 fully saturated rings. The lowest BCUT2D eigenvalue weighted by Gasteiger charge is -2.46. The van der Waals surface area contributed by atoms with E-state index in [9.17, 15) is 9.59 Å². The number of carbonyl (C=O) groups excluding carboxylic acids is 2. The van der Waals surface area contributed by atoms with Gasteiger partial charge in [-0.25, -0.2) is 0 Å². The summed E-state index contributed by atoms with van der Waals surface area (Å²) >= 11 is 0. The average Bonchev–Trinajstić information content (AvgIpc) is 3.10. The number of nitrogens with zero attached hydrogens (tertiary/aromatic N) is 3. The van der Waals surface area contributed by atoms with E-state index in [1.807, 2.05) is 23.6 Å². The van der Waals surface area contributed by atoms with Crippen molar-refractivity contribution in [1.29, 1.82) is 0 Å². The van der Waals surface area contributed by atoms with Crippen LogP contribution in [0.4, 0.5) is 0 Å². The van der Waals surface area contributed by atoms with Crippen LogP contribution >= 0.6 is 0 Å². The van der Waals surface area contributed by atoms with Crippen LogP contribution < -0.4 is 0 Å². The normalized spacial score (nSPS) is 23.9. The summed E-state index contributed by atoms with van der Waals surface area (Å²) in [6, 6.07) is 0. The van der Waals surface area contributed by atoms with Crippen LogP contribution in [0, 0.1) is 13.8 Å². The molecule has 1 atom stereocenters. The second-order valence-corrected chi connectivity index (χ2v) is 8.81. The summed E-state index contributed by atoms with van der Waals surface area (Å²) in [5, 5.41) is 3.94. The Morgan fingerprint density at radius 1 is 1.06 bits per heavy atom. The van der Waals surface area contributed by atoms with Gasteiger partial charge >= 0.3 is 0 Å². The lowest BCUT2D eigenvalue weighted by atomic mass is 9.83. The first-order valence-electron chi connectivity index (χ1n) is 11.3. The maximum Gasteiger partial charge on any atom is 0.248 e. The van der Waals surface area contributed by atoms with E-state index in [1.54, 1.807) is 0 Å². The summed E-state index contributed by atoms with van der Waals surface area (Å²) in [6.45, 7) is 8.25. The van der Waals surface area contributed by atoms with Gasteiger partial charge in [0.1, 0.15) is 12.4 Å². The third-order valence-electron chi connectivity index (χ3n) is 6.79. The number of morpholine rings is 1. The van der Waals surface area contributed by atoms with E-state index in [-0.39, 0.29) is 30.1 Å². The molecule has 0 aromatic carbocycles. The monoisotopic (exact) mass is 435 g/mol. The fourth-order valence-corrected chi connectivity index (χ4v) is 4.75.